The topological polar surface area (TPSA) is 49.4 Å². The minimum atomic E-state index is -3.17. The number of rotatable bonds is 5. The highest BCUT2D eigenvalue weighted by Gasteiger charge is 2.35. The largest absolute Gasteiger partial charge is 0.308 e. The van der Waals surface area contributed by atoms with Gasteiger partial charge in [0.15, 0.2) is 0 Å². The molecule has 0 unspecified atom stereocenters. The first kappa shape index (κ1) is 15.2. The molecule has 0 radical (unpaired) electrons. The van der Waals surface area contributed by atoms with Crippen LogP contribution in [-0.4, -0.2) is 31.1 Å². The Morgan fingerprint density at radius 3 is 2.18 bits per heavy atom. The van der Waals surface area contributed by atoms with Gasteiger partial charge in [-0.2, -0.15) is 4.31 Å². The van der Waals surface area contributed by atoms with Crippen LogP contribution in [0.1, 0.15) is 11.1 Å². The molecule has 5 heteroatoms. The van der Waals surface area contributed by atoms with E-state index in [0.717, 1.165) is 5.56 Å². The van der Waals surface area contributed by atoms with E-state index < -0.39 is 10.0 Å². The molecule has 1 aliphatic rings. The summed E-state index contributed by atoms with van der Waals surface area (Å²) in [7, 11) is -3.17. The minimum Gasteiger partial charge on any atom is -0.308 e. The molecular weight excluding hydrogens is 296 g/mol. The zero-order valence-corrected chi connectivity index (χ0v) is 13.2. The zero-order valence-electron chi connectivity index (χ0n) is 12.4. The summed E-state index contributed by atoms with van der Waals surface area (Å²) >= 11 is 0. The van der Waals surface area contributed by atoms with Crippen LogP contribution >= 0.6 is 0 Å². The molecule has 1 saturated heterocycles. The lowest BCUT2D eigenvalue weighted by Gasteiger charge is -2.15. The van der Waals surface area contributed by atoms with Crippen LogP contribution < -0.4 is 5.32 Å². The maximum Gasteiger partial charge on any atom is 0.216 e. The van der Waals surface area contributed by atoms with Crippen LogP contribution in [0.2, 0.25) is 0 Å². The summed E-state index contributed by atoms with van der Waals surface area (Å²) in [4.78, 5) is 0. The maximum absolute atomic E-state index is 12.3. The number of nitrogens with zero attached hydrogens (tertiary/aromatic N) is 1. The fourth-order valence-electron chi connectivity index (χ4n) is 2.70. The molecule has 2 aromatic carbocycles. The highest BCUT2D eigenvalue weighted by Crippen LogP contribution is 2.18. The highest BCUT2D eigenvalue weighted by atomic mass is 32.2. The van der Waals surface area contributed by atoms with Crippen molar-refractivity contribution in [2.75, 3.05) is 12.3 Å². The Balaban J connectivity index is 1.60. The first-order valence-electron chi connectivity index (χ1n) is 7.42. The smallest absolute Gasteiger partial charge is 0.216 e. The van der Waals surface area contributed by atoms with Gasteiger partial charge in [0.2, 0.25) is 10.0 Å². The van der Waals surface area contributed by atoms with Crippen LogP contribution in [0.4, 0.5) is 0 Å². The molecule has 1 aliphatic heterocycles. The molecule has 3 rings (SSSR count). The van der Waals surface area contributed by atoms with E-state index in [1.807, 2.05) is 60.7 Å². The van der Waals surface area contributed by atoms with Gasteiger partial charge < -0.3 is 5.32 Å². The van der Waals surface area contributed by atoms with Gasteiger partial charge in [-0.15, -0.1) is 0 Å². The Hall–Kier alpha value is -1.69. The van der Waals surface area contributed by atoms with Crippen molar-refractivity contribution >= 4 is 10.0 Å². The quantitative estimate of drug-likeness (QED) is 0.918. The van der Waals surface area contributed by atoms with Crippen molar-refractivity contribution in [2.45, 2.75) is 19.1 Å². The van der Waals surface area contributed by atoms with Gasteiger partial charge in [0, 0.05) is 25.7 Å². The van der Waals surface area contributed by atoms with Gasteiger partial charge in [-0.3, -0.25) is 0 Å². The minimum absolute atomic E-state index is 0.0195. The molecule has 1 N–H and O–H groups in total. The first-order chi connectivity index (χ1) is 10.6. The lowest BCUT2D eigenvalue weighted by atomic mass is 10.2. The standard InChI is InChI=1S/C17H20N2O2S/c20-22(21)14-17(18-11-15-7-3-1-4-8-15)13-19(22)12-16-9-5-2-6-10-16/h1-10,17-18H,11-14H2/t17-/m1/s1. The lowest BCUT2D eigenvalue weighted by molar-refractivity contribution is 0.402. The highest BCUT2D eigenvalue weighted by molar-refractivity contribution is 7.89. The number of hydrogen-bond donors (Lipinski definition) is 1. The molecule has 0 aromatic heterocycles. The summed E-state index contributed by atoms with van der Waals surface area (Å²) in [6.07, 6.45) is 0. The number of benzene rings is 2. The Bertz CT molecular complexity index is 702. The SMILES string of the molecule is O=S1(=O)C[C@H](NCc2ccccc2)CN1Cc1ccccc1. The van der Waals surface area contributed by atoms with Gasteiger partial charge in [0.1, 0.15) is 0 Å². The number of nitrogens with one attached hydrogen (secondary N) is 1. The average molecular weight is 316 g/mol. The Morgan fingerprint density at radius 2 is 1.55 bits per heavy atom. The van der Waals surface area contributed by atoms with Crippen LogP contribution in [0.5, 0.6) is 0 Å². The summed E-state index contributed by atoms with van der Waals surface area (Å²) in [6.45, 7) is 1.68. The fraction of sp³-hybridized carbons (Fsp3) is 0.294. The fourth-order valence-corrected chi connectivity index (χ4v) is 4.40. The van der Waals surface area contributed by atoms with Crippen LogP contribution in [0.3, 0.4) is 0 Å². The van der Waals surface area contributed by atoms with Crippen molar-refractivity contribution in [1.29, 1.82) is 0 Å². The first-order valence-corrected chi connectivity index (χ1v) is 9.03. The van der Waals surface area contributed by atoms with Gasteiger partial charge in [-0.05, 0) is 11.1 Å². The molecule has 0 bridgehead atoms. The summed E-state index contributed by atoms with van der Waals surface area (Å²) < 4.78 is 26.1. The summed E-state index contributed by atoms with van der Waals surface area (Å²) in [5.41, 5.74) is 2.19. The Morgan fingerprint density at radius 1 is 0.955 bits per heavy atom. The normalized spacial score (nSPS) is 21.0. The van der Waals surface area contributed by atoms with Crippen LogP contribution in [-0.2, 0) is 23.1 Å². The van der Waals surface area contributed by atoms with Crippen LogP contribution in [0.15, 0.2) is 60.7 Å². The van der Waals surface area contributed by atoms with Crippen molar-refractivity contribution in [3.05, 3.63) is 71.8 Å². The second-order valence-electron chi connectivity index (χ2n) is 5.62. The van der Waals surface area contributed by atoms with Crippen molar-refractivity contribution in [2.24, 2.45) is 0 Å². The van der Waals surface area contributed by atoms with E-state index in [1.54, 1.807) is 4.31 Å². The lowest BCUT2D eigenvalue weighted by Crippen LogP contribution is -2.33. The molecule has 0 saturated carbocycles. The number of sulfonamides is 1. The molecular formula is C17H20N2O2S. The van der Waals surface area contributed by atoms with Gasteiger partial charge in [-0.25, -0.2) is 8.42 Å². The molecule has 0 spiro atoms. The van der Waals surface area contributed by atoms with Crippen LogP contribution in [0, 0.1) is 0 Å². The van der Waals surface area contributed by atoms with Crippen molar-refractivity contribution < 1.29 is 8.42 Å². The molecule has 1 fully saturated rings. The van der Waals surface area contributed by atoms with Crippen molar-refractivity contribution in [1.82, 2.24) is 9.62 Å². The molecule has 116 valence electrons. The van der Waals surface area contributed by atoms with Crippen LogP contribution in [0.25, 0.3) is 0 Å². The van der Waals surface area contributed by atoms with Gasteiger partial charge in [0.25, 0.3) is 0 Å². The van der Waals surface area contributed by atoms with E-state index in [2.05, 4.69) is 5.32 Å². The van der Waals surface area contributed by atoms with E-state index in [1.165, 1.54) is 5.56 Å². The second kappa shape index (κ2) is 6.60. The van der Waals surface area contributed by atoms with Crippen molar-refractivity contribution in [3.8, 4) is 0 Å². The third kappa shape index (κ3) is 3.74. The van der Waals surface area contributed by atoms with E-state index in [9.17, 15) is 8.42 Å². The summed E-state index contributed by atoms with van der Waals surface area (Å²) in [6, 6.07) is 19.7. The molecule has 0 aliphatic carbocycles. The monoisotopic (exact) mass is 316 g/mol. The Labute approximate surface area is 131 Å². The number of hydrogen-bond acceptors (Lipinski definition) is 3. The van der Waals surface area contributed by atoms with E-state index in [-0.39, 0.29) is 11.8 Å². The van der Waals surface area contributed by atoms with E-state index in [4.69, 9.17) is 0 Å². The van der Waals surface area contributed by atoms with Gasteiger partial charge in [-0.1, -0.05) is 60.7 Å². The Kier molecular flexibility index (Phi) is 4.57. The van der Waals surface area contributed by atoms with E-state index >= 15 is 0 Å². The van der Waals surface area contributed by atoms with Gasteiger partial charge in [0.05, 0.1) is 5.75 Å². The third-order valence-corrected chi connectivity index (χ3v) is 5.76. The van der Waals surface area contributed by atoms with Crippen molar-refractivity contribution in [3.63, 3.8) is 0 Å². The van der Waals surface area contributed by atoms with Gasteiger partial charge >= 0.3 is 0 Å². The zero-order chi connectivity index (χ0) is 15.4. The molecule has 4 nitrogen and oxygen atoms in total. The molecule has 2 aromatic rings. The predicted octanol–water partition coefficient (Wildman–Crippen LogP) is 1.99. The summed E-state index contributed by atoms with van der Waals surface area (Å²) in [5.74, 6) is 0.173. The second-order valence-corrected chi connectivity index (χ2v) is 7.63. The predicted molar refractivity (Wildman–Crippen MR) is 87.7 cm³/mol. The molecule has 1 heterocycles. The third-order valence-electron chi connectivity index (χ3n) is 3.87. The maximum atomic E-state index is 12.3. The van der Waals surface area contributed by atoms with E-state index in [0.29, 0.717) is 19.6 Å². The molecule has 1 atom stereocenters. The summed E-state index contributed by atoms with van der Waals surface area (Å²) in [5, 5.41) is 3.35. The molecule has 22 heavy (non-hydrogen) atoms. The molecule has 0 amide bonds. The average Bonchev–Trinajstić information content (AvgIpc) is 2.81.